The van der Waals surface area contributed by atoms with Gasteiger partial charge in [-0.05, 0) is 30.7 Å². The highest BCUT2D eigenvalue weighted by Gasteiger charge is 2.04. The summed E-state index contributed by atoms with van der Waals surface area (Å²) < 4.78 is 36.4. The number of halogens is 1. The van der Waals surface area contributed by atoms with Crippen molar-refractivity contribution in [3.05, 3.63) is 35.6 Å². The molecule has 0 aromatic heterocycles. The van der Waals surface area contributed by atoms with Gasteiger partial charge in [0.2, 0.25) is 10.0 Å². The largest absolute Gasteiger partial charge is 0.352 e. The van der Waals surface area contributed by atoms with Crippen molar-refractivity contribution in [1.29, 1.82) is 0 Å². The standard InChI is InChI=1S/C11H15FN2O3S/c1-18(16,17)14-8-2-7-13-11(15)9-3-5-10(12)6-4-9/h3-6,14H,2,7-8H2,1H3,(H,13,15). The summed E-state index contributed by atoms with van der Waals surface area (Å²) in [6, 6.07) is 5.19. The molecular weight excluding hydrogens is 259 g/mol. The third kappa shape index (κ3) is 5.74. The van der Waals surface area contributed by atoms with Gasteiger partial charge in [0.05, 0.1) is 6.26 Å². The normalized spacial score (nSPS) is 11.2. The van der Waals surface area contributed by atoms with Crippen LogP contribution in [0.3, 0.4) is 0 Å². The minimum absolute atomic E-state index is 0.266. The maximum absolute atomic E-state index is 12.6. The lowest BCUT2D eigenvalue weighted by atomic mass is 10.2. The van der Waals surface area contributed by atoms with E-state index in [0.717, 1.165) is 6.26 Å². The van der Waals surface area contributed by atoms with Crippen LogP contribution < -0.4 is 10.0 Å². The van der Waals surface area contributed by atoms with Gasteiger partial charge < -0.3 is 5.32 Å². The lowest BCUT2D eigenvalue weighted by Crippen LogP contribution is -2.29. The monoisotopic (exact) mass is 274 g/mol. The molecule has 0 fully saturated rings. The predicted octanol–water partition coefficient (Wildman–Crippen LogP) is 0.495. The molecule has 0 aliphatic carbocycles. The van der Waals surface area contributed by atoms with E-state index in [4.69, 9.17) is 0 Å². The van der Waals surface area contributed by atoms with Crippen molar-refractivity contribution >= 4 is 15.9 Å². The number of hydrogen-bond acceptors (Lipinski definition) is 3. The van der Waals surface area contributed by atoms with Gasteiger partial charge in [0.25, 0.3) is 5.91 Å². The molecule has 0 unspecified atom stereocenters. The van der Waals surface area contributed by atoms with Crippen molar-refractivity contribution in [3.8, 4) is 0 Å². The van der Waals surface area contributed by atoms with E-state index in [0.29, 0.717) is 18.5 Å². The van der Waals surface area contributed by atoms with Crippen LogP contribution in [0.15, 0.2) is 24.3 Å². The van der Waals surface area contributed by atoms with E-state index in [9.17, 15) is 17.6 Å². The van der Waals surface area contributed by atoms with Crippen molar-refractivity contribution in [3.63, 3.8) is 0 Å². The fourth-order valence-corrected chi connectivity index (χ4v) is 1.77. The van der Waals surface area contributed by atoms with Crippen LogP contribution in [0.1, 0.15) is 16.8 Å². The first-order valence-electron chi connectivity index (χ1n) is 5.37. The quantitative estimate of drug-likeness (QED) is 0.742. The molecule has 2 N–H and O–H groups in total. The number of nitrogens with one attached hydrogen (secondary N) is 2. The second-order valence-electron chi connectivity index (χ2n) is 3.78. The highest BCUT2D eigenvalue weighted by Crippen LogP contribution is 2.02. The van der Waals surface area contributed by atoms with E-state index in [1.807, 2.05) is 0 Å². The van der Waals surface area contributed by atoms with Crippen molar-refractivity contribution in [2.24, 2.45) is 0 Å². The molecule has 100 valence electrons. The molecule has 0 bridgehead atoms. The smallest absolute Gasteiger partial charge is 0.251 e. The lowest BCUT2D eigenvalue weighted by molar-refractivity contribution is 0.0953. The van der Waals surface area contributed by atoms with Crippen molar-refractivity contribution in [2.45, 2.75) is 6.42 Å². The van der Waals surface area contributed by atoms with Gasteiger partial charge in [-0.2, -0.15) is 0 Å². The minimum Gasteiger partial charge on any atom is -0.352 e. The molecule has 1 aromatic rings. The van der Waals surface area contributed by atoms with Crippen LogP contribution in [0, 0.1) is 5.82 Å². The zero-order chi connectivity index (χ0) is 13.6. The van der Waals surface area contributed by atoms with Gasteiger partial charge in [-0.1, -0.05) is 0 Å². The summed E-state index contributed by atoms with van der Waals surface area (Å²) in [5.74, 6) is -0.710. The maximum atomic E-state index is 12.6. The Morgan fingerprint density at radius 2 is 1.83 bits per heavy atom. The Bertz CT molecular complexity index is 500. The third-order valence-electron chi connectivity index (χ3n) is 2.11. The topological polar surface area (TPSA) is 75.3 Å². The number of rotatable bonds is 6. The molecule has 0 radical (unpaired) electrons. The van der Waals surface area contributed by atoms with Crippen LogP contribution in [-0.4, -0.2) is 33.7 Å². The highest BCUT2D eigenvalue weighted by molar-refractivity contribution is 7.88. The average Bonchev–Trinajstić information content (AvgIpc) is 2.27. The maximum Gasteiger partial charge on any atom is 0.251 e. The molecule has 1 aromatic carbocycles. The average molecular weight is 274 g/mol. The number of sulfonamides is 1. The van der Waals surface area contributed by atoms with Crippen LogP contribution in [0.4, 0.5) is 4.39 Å². The van der Waals surface area contributed by atoms with Gasteiger partial charge in [-0.15, -0.1) is 0 Å². The van der Waals surface area contributed by atoms with Gasteiger partial charge in [0.15, 0.2) is 0 Å². The second kappa shape index (κ2) is 6.46. The van der Waals surface area contributed by atoms with Crippen LogP contribution in [0.25, 0.3) is 0 Å². The van der Waals surface area contributed by atoms with Gasteiger partial charge in [0.1, 0.15) is 5.82 Å². The van der Waals surface area contributed by atoms with Gasteiger partial charge in [-0.25, -0.2) is 17.5 Å². The Hall–Kier alpha value is -1.47. The van der Waals surface area contributed by atoms with E-state index in [1.54, 1.807) is 0 Å². The van der Waals surface area contributed by atoms with E-state index >= 15 is 0 Å². The van der Waals surface area contributed by atoms with E-state index < -0.39 is 15.8 Å². The summed E-state index contributed by atoms with van der Waals surface area (Å²) in [5.41, 5.74) is 0.368. The van der Waals surface area contributed by atoms with Crippen molar-refractivity contribution in [1.82, 2.24) is 10.0 Å². The lowest BCUT2D eigenvalue weighted by Gasteiger charge is -2.05. The van der Waals surface area contributed by atoms with E-state index in [2.05, 4.69) is 10.0 Å². The summed E-state index contributed by atoms with van der Waals surface area (Å²) in [6.07, 6.45) is 1.56. The SMILES string of the molecule is CS(=O)(=O)NCCCNC(=O)c1ccc(F)cc1. The number of carbonyl (C=O) groups is 1. The number of benzene rings is 1. The molecule has 0 saturated carbocycles. The van der Waals surface area contributed by atoms with Gasteiger partial charge in [-0.3, -0.25) is 4.79 Å². The number of hydrogen-bond donors (Lipinski definition) is 2. The summed E-state index contributed by atoms with van der Waals surface area (Å²) in [4.78, 5) is 11.5. The molecule has 0 aliphatic heterocycles. The Morgan fingerprint density at radius 3 is 2.39 bits per heavy atom. The molecular formula is C11H15FN2O3S. The predicted molar refractivity (Wildman–Crippen MR) is 66.2 cm³/mol. The Morgan fingerprint density at radius 1 is 1.22 bits per heavy atom. The first-order chi connectivity index (χ1) is 8.38. The molecule has 1 amide bonds. The van der Waals surface area contributed by atoms with Crippen LogP contribution in [-0.2, 0) is 10.0 Å². The molecule has 1 rings (SSSR count). The second-order valence-corrected chi connectivity index (χ2v) is 5.62. The van der Waals surface area contributed by atoms with Crippen molar-refractivity contribution in [2.75, 3.05) is 19.3 Å². The molecule has 18 heavy (non-hydrogen) atoms. The fourth-order valence-electron chi connectivity index (χ4n) is 1.25. The first kappa shape index (κ1) is 14.6. The molecule has 0 saturated heterocycles. The summed E-state index contributed by atoms with van der Waals surface area (Å²) in [6.45, 7) is 0.612. The van der Waals surface area contributed by atoms with Crippen LogP contribution in [0.5, 0.6) is 0 Å². The van der Waals surface area contributed by atoms with Gasteiger partial charge >= 0.3 is 0 Å². The fraction of sp³-hybridized carbons (Fsp3) is 0.364. The Balaban J connectivity index is 2.28. The van der Waals surface area contributed by atoms with Crippen LogP contribution >= 0.6 is 0 Å². The minimum atomic E-state index is -3.19. The molecule has 5 nitrogen and oxygen atoms in total. The summed E-state index contributed by atoms with van der Waals surface area (Å²) >= 11 is 0. The van der Waals surface area contributed by atoms with Gasteiger partial charge in [0, 0.05) is 18.7 Å². The third-order valence-corrected chi connectivity index (χ3v) is 2.84. The molecule has 0 aliphatic rings. The first-order valence-corrected chi connectivity index (χ1v) is 7.26. The molecule has 7 heteroatoms. The summed E-state index contributed by atoms with van der Waals surface area (Å²) in [5, 5.41) is 2.61. The van der Waals surface area contributed by atoms with Crippen molar-refractivity contribution < 1.29 is 17.6 Å². The Labute approximate surface area is 105 Å². The van der Waals surface area contributed by atoms with Crippen LogP contribution in [0.2, 0.25) is 0 Å². The number of carbonyl (C=O) groups excluding carboxylic acids is 1. The number of amides is 1. The zero-order valence-electron chi connectivity index (χ0n) is 9.94. The summed E-state index contributed by atoms with van der Waals surface area (Å²) in [7, 11) is -3.19. The van der Waals surface area contributed by atoms with E-state index in [1.165, 1.54) is 24.3 Å². The molecule has 0 atom stereocenters. The molecule has 0 spiro atoms. The molecule has 0 heterocycles. The highest BCUT2D eigenvalue weighted by atomic mass is 32.2. The Kier molecular flexibility index (Phi) is 5.24. The zero-order valence-corrected chi connectivity index (χ0v) is 10.8. The van der Waals surface area contributed by atoms with E-state index in [-0.39, 0.29) is 12.5 Å².